The highest BCUT2D eigenvalue weighted by Crippen LogP contribution is 2.24. The highest BCUT2D eigenvalue weighted by atomic mass is 79.9. The van der Waals surface area contributed by atoms with Gasteiger partial charge in [-0.3, -0.25) is 9.18 Å². The molecule has 0 bridgehead atoms. The van der Waals surface area contributed by atoms with E-state index in [1.165, 1.54) is 7.11 Å². The number of rotatable bonds is 4. The highest BCUT2D eigenvalue weighted by molar-refractivity contribution is 9.10. The van der Waals surface area contributed by atoms with Crippen molar-refractivity contribution in [2.45, 2.75) is 26.7 Å². The summed E-state index contributed by atoms with van der Waals surface area (Å²) in [7, 11) is 3.49. The number of halogens is 2. The lowest BCUT2D eigenvalue weighted by Crippen LogP contribution is -2.10. The molecule has 2 aromatic rings. The van der Waals surface area contributed by atoms with Crippen LogP contribution in [0.2, 0.25) is 0 Å². The Kier molecular flexibility index (Phi) is 10.7. The van der Waals surface area contributed by atoms with Crippen molar-refractivity contribution in [2.24, 2.45) is 0 Å². The molecule has 7 heteroatoms. The van der Waals surface area contributed by atoms with Gasteiger partial charge < -0.3 is 9.47 Å². The Hall–Kier alpha value is -1.89. The van der Waals surface area contributed by atoms with Crippen molar-refractivity contribution in [1.82, 2.24) is 9.78 Å². The number of carbonyl (C=O) groups is 1. The van der Waals surface area contributed by atoms with Gasteiger partial charge in [-0.2, -0.15) is 5.10 Å². The van der Waals surface area contributed by atoms with E-state index in [0.717, 1.165) is 21.5 Å². The van der Waals surface area contributed by atoms with Gasteiger partial charge in [0.05, 0.1) is 39.2 Å². The maximum atomic E-state index is 11.5. The average Bonchev–Trinajstić information content (AvgIpc) is 3.13. The van der Waals surface area contributed by atoms with Crippen molar-refractivity contribution in [1.29, 1.82) is 0 Å². The quantitative estimate of drug-likeness (QED) is 0.704. The standard InChI is InChI=1S/C14H15BrN2O3.C2H6.CH3F/c1-9(14(18)20-3)10-7-16-17(8-10)12-4-11(15)5-13(6-12)19-2;2*1-2/h4-9H,1-3H3;1-2H3;1H3. The minimum atomic E-state index is -0.345. The molecule has 1 atom stereocenters. The van der Waals surface area contributed by atoms with Gasteiger partial charge in [-0.15, -0.1) is 0 Å². The van der Waals surface area contributed by atoms with E-state index in [4.69, 9.17) is 9.47 Å². The van der Waals surface area contributed by atoms with Crippen LogP contribution in [0.4, 0.5) is 4.39 Å². The molecule has 0 aliphatic carbocycles. The van der Waals surface area contributed by atoms with Gasteiger partial charge in [0.25, 0.3) is 0 Å². The second kappa shape index (κ2) is 11.6. The Labute approximate surface area is 150 Å². The molecular formula is C17H24BrFN2O3. The second-order valence-corrected chi connectivity index (χ2v) is 5.23. The van der Waals surface area contributed by atoms with Crippen molar-refractivity contribution >= 4 is 21.9 Å². The molecule has 1 aromatic carbocycles. The first-order valence-corrected chi connectivity index (χ1v) is 8.19. The van der Waals surface area contributed by atoms with Crippen LogP contribution < -0.4 is 4.74 Å². The summed E-state index contributed by atoms with van der Waals surface area (Å²) in [4.78, 5) is 11.5. The van der Waals surface area contributed by atoms with Crippen LogP contribution in [0, 0.1) is 0 Å². The molecule has 0 saturated heterocycles. The number of methoxy groups -OCH3 is 2. The van der Waals surface area contributed by atoms with E-state index in [1.807, 2.05) is 38.2 Å². The van der Waals surface area contributed by atoms with E-state index in [2.05, 4.69) is 21.0 Å². The van der Waals surface area contributed by atoms with Gasteiger partial charge in [0.2, 0.25) is 0 Å². The third-order valence-electron chi connectivity index (χ3n) is 3.01. The number of hydrogen-bond acceptors (Lipinski definition) is 4. The van der Waals surface area contributed by atoms with Crippen molar-refractivity contribution < 1.29 is 18.7 Å². The zero-order valence-electron chi connectivity index (χ0n) is 14.8. The van der Waals surface area contributed by atoms with Gasteiger partial charge in [0.15, 0.2) is 0 Å². The summed E-state index contributed by atoms with van der Waals surface area (Å²) in [6.45, 7) is 5.79. The van der Waals surface area contributed by atoms with E-state index < -0.39 is 0 Å². The largest absolute Gasteiger partial charge is 0.497 e. The van der Waals surface area contributed by atoms with Crippen LogP contribution >= 0.6 is 15.9 Å². The zero-order valence-corrected chi connectivity index (χ0v) is 16.4. The van der Waals surface area contributed by atoms with Gasteiger partial charge in [0, 0.05) is 22.3 Å². The van der Waals surface area contributed by atoms with Gasteiger partial charge in [-0.05, 0) is 19.1 Å². The summed E-state index contributed by atoms with van der Waals surface area (Å²) in [6.07, 6.45) is 3.47. The smallest absolute Gasteiger partial charge is 0.312 e. The summed E-state index contributed by atoms with van der Waals surface area (Å²) in [5.74, 6) is 0.103. The zero-order chi connectivity index (χ0) is 18.7. The maximum Gasteiger partial charge on any atom is 0.312 e. The molecular weight excluding hydrogens is 379 g/mol. The lowest BCUT2D eigenvalue weighted by Gasteiger charge is -2.07. The van der Waals surface area contributed by atoms with Crippen LogP contribution in [0.3, 0.4) is 0 Å². The molecule has 5 nitrogen and oxygen atoms in total. The highest BCUT2D eigenvalue weighted by Gasteiger charge is 2.17. The molecule has 0 amide bonds. The Morgan fingerprint density at radius 2 is 1.88 bits per heavy atom. The molecule has 0 aliphatic rings. The monoisotopic (exact) mass is 402 g/mol. The average molecular weight is 403 g/mol. The molecule has 0 aliphatic heterocycles. The molecule has 1 heterocycles. The Morgan fingerprint density at radius 3 is 2.42 bits per heavy atom. The molecule has 1 aromatic heterocycles. The molecule has 1 unspecified atom stereocenters. The van der Waals surface area contributed by atoms with Crippen molar-refractivity contribution in [2.75, 3.05) is 21.4 Å². The Bertz CT molecular complexity index is 632. The number of ether oxygens (including phenoxy) is 2. The second-order valence-electron chi connectivity index (χ2n) is 4.31. The summed E-state index contributed by atoms with van der Waals surface area (Å²) in [6, 6.07) is 5.65. The number of carbonyl (C=O) groups excluding carboxylic acids is 1. The van der Waals surface area contributed by atoms with E-state index in [0.29, 0.717) is 7.18 Å². The van der Waals surface area contributed by atoms with Crippen LogP contribution in [0.15, 0.2) is 35.1 Å². The van der Waals surface area contributed by atoms with Crippen molar-refractivity contribution in [3.63, 3.8) is 0 Å². The van der Waals surface area contributed by atoms with Gasteiger partial charge in [-0.1, -0.05) is 29.8 Å². The molecule has 0 fully saturated rings. The minimum absolute atomic E-state index is 0.281. The molecule has 2 rings (SSSR count). The van der Waals surface area contributed by atoms with E-state index in [1.54, 1.807) is 24.9 Å². The lowest BCUT2D eigenvalue weighted by molar-refractivity contribution is -0.141. The SMILES string of the molecule is CC.CF.COC(=O)C(C)c1cnn(-c2cc(Br)cc(OC)c2)c1. The van der Waals surface area contributed by atoms with Crippen LogP contribution in [-0.4, -0.2) is 37.1 Å². The van der Waals surface area contributed by atoms with Crippen LogP contribution in [-0.2, 0) is 9.53 Å². The third-order valence-corrected chi connectivity index (χ3v) is 3.47. The number of nitrogens with zero attached hydrogens (tertiary/aromatic N) is 2. The number of aromatic nitrogens is 2. The van der Waals surface area contributed by atoms with Crippen molar-refractivity contribution in [3.05, 3.63) is 40.6 Å². The van der Waals surface area contributed by atoms with Gasteiger partial charge in [-0.25, -0.2) is 4.68 Å². The van der Waals surface area contributed by atoms with Crippen LogP contribution in [0.25, 0.3) is 5.69 Å². The topological polar surface area (TPSA) is 53.3 Å². The fourth-order valence-electron chi connectivity index (χ4n) is 1.81. The first kappa shape index (κ1) is 22.1. The third kappa shape index (κ3) is 5.96. The normalized spacial score (nSPS) is 10.5. The molecule has 0 radical (unpaired) electrons. The van der Waals surface area contributed by atoms with Crippen LogP contribution in [0.1, 0.15) is 32.3 Å². The van der Waals surface area contributed by atoms with E-state index in [-0.39, 0.29) is 11.9 Å². The fourth-order valence-corrected chi connectivity index (χ4v) is 2.27. The lowest BCUT2D eigenvalue weighted by atomic mass is 10.1. The molecule has 134 valence electrons. The predicted molar refractivity (Wildman–Crippen MR) is 96.6 cm³/mol. The van der Waals surface area contributed by atoms with E-state index >= 15 is 0 Å². The molecule has 0 N–H and O–H groups in total. The summed E-state index contributed by atoms with van der Waals surface area (Å²) >= 11 is 3.43. The number of hydrogen-bond donors (Lipinski definition) is 0. The Balaban J connectivity index is 0.00000123. The number of esters is 1. The van der Waals surface area contributed by atoms with E-state index in [9.17, 15) is 9.18 Å². The van der Waals surface area contributed by atoms with Gasteiger partial charge in [0.1, 0.15) is 5.75 Å². The van der Waals surface area contributed by atoms with Crippen LogP contribution in [0.5, 0.6) is 5.75 Å². The first-order valence-electron chi connectivity index (χ1n) is 7.40. The summed E-state index contributed by atoms with van der Waals surface area (Å²) in [5, 5.41) is 4.27. The van der Waals surface area contributed by atoms with Gasteiger partial charge >= 0.3 is 5.97 Å². The molecule has 0 saturated carbocycles. The first-order chi connectivity index (χ1) is 11.5. The summed E-state index contributed by atoms with van der Waals surface area (Å²) < 4.78 is 22.0. The maximum absolute atomic E-state index is 11.5. The minimum Gasteiger partial charge on any atom is -0.497 e. The predicted octanol–water partition coefficient (Wildman–Crippen LogP) is 4.53. The molecule has 24 heavy (non-hydrogen) atoms. The number of alkyl halides is 1. The molecule has 0 spiro atoms. The fraction of sp³-hybridized carbons (Fsp3) is 0.412. The summed E-state index contributed by atoms with van der Waals surface area (Å²) in [5.41, 5.74) is 1.65. The van der Waals surface area contributed by atoms with Crippen molar-refractivity contribution in [3.8, 4) is 11.4 Å². The Morgan fingerprint density at radius 1 is 1.25 bits per heavy atom. The number of benzene rings is 1.